The summed E-state index contributed by atoms with van der Waals surface area (Å²) >= 11 is 1.77. The average molecular weight is 265 g/mol. The van der Waals surface area contributed by atoms with Crippen LogP contribution in [-0.2, 0) is 0 Å². The standard InChI is InChI=1S/C13H19N3OS/c1-14-7-3-4-8-18-13-15-11-6-5-10(17-2)9-12(11)16-13/h5-6,9,14H,3-4,7-8H2,1-2H3,(H,15,16). The molecule has 0 aliphatic heterocycles. The molecular weight excluding hydrogens is 246 g/mol. The minimum Gasteiger partial charge on any atom is -0.497 e. The number of nitrogens with one attached hydrogen (secondary N) is 2. The minimum atomic E-state index is 0.858. The number of hydrogen-bond acceptors (Lipinski definition) is 4. The van der Waals surface area contributed by atoms with Crippen molar-refractivity contribution < 1.29 is 4.74 Å². The van der Waals surface area contributed by atoms with Crippen molar-refractivity contribution in [2.24, 2.45) is 0 Å². The second-order valence-electron chi connectivity index (χ2n) is 4.08. The summed E-state index contributed by atoms with van der Waals surface area (Å²) < 4.78 is 5.20. The number of fused-ring (bicyclic) bond motifs is 1. The van der Waals surface area contributed by atoms with Crippen LogP contribution in [0.3, 0.4) is 0 Å². The summed E-state index contributed by atoms with van der Waals surface area (Å²) in [7, 11) is 3.66. The molecule has 0 unspecified atom stereocenters. The number of imidazole rings is 1. The normalized spacial score (nSPS) is 11.0. The summed E-state index contributed by atoms with van der Waals surface area (Å²) in [6.45, 7) is 1.08. The number of thioether (sulfide) groups is 1. The number of methoxy groups -OCH3 is 1. The van der Waals surface area contributed by atoms with Gasteiger partial charge in [-0.05, 0) is 38.6 Å². The van der Waals surface area contributed by atoms with Gasteiger partial charge in [-0.3, -0.25) is 0 Å². The van der Waals surface area contributed by atoms with E-state index in [2.05, 4.69) is 15.3 Å². The van der Waals surface area contributed by atoms with E-state index in [0.29, 0.717) is 0 Å². The van der Waals surface area contributed by atoms with Crippen LogP contribution in [0.1, 0.15) is 12.8 Å². The number of unbranched alkanes of at least 4 members (excludes halogenated alkanes) is 1. The Balaban J connectivity index is 1.93. The molecule has 1 heterocycles. The lowest BCUT2D eigenvalue weighted by Gasteiger charge is -1.98. The zero-order valence-electron chi connectivity index (χ0n) is 10.8. The summed E-state index contributed by atoms with van der Waals surface area (Å²) in [6, 6.07) is 5.90. The predicted octanol–water partition coefficient (Wildman–Crippen LogP) is 2.66. The number of nitrogens with zero attached hydrogens (tertiary/aromatic N) is 1. The fourth-order valence-corrected chi connectivity index (χ4v) is 2.62. The van der Waals surface area contributed by atoms with Gasteiger partial charge in [0.15, 0.2) is 5.16 Å². The molecule has 2 rings (SSSR count). The molecule has 0 atom stereocenters. The molecule has 0 fully saturated rings. The first kappa shape index (κ1) is 13.2. The van der Waals surface area contributed by atoms with Gasteiger partial charge in [-0.15, -0.1) is 0 Å². The molecule has 1 aromatic carbocycles. The van der Waals surface area contributed by atoms with Gasteiger partial charge in [0, 0.05) is 11.8 Å². The van der Waals surface area contributed by atoms with E-state index in [4.69, 9.17) is 4.74 Å². The number of ether oxygens (including phenoxy) is 1. The van der Waals surface area contributed by atoms with E-state index in [0.717, 1.165) is 34.2 Å². The van der Waals surface area contributed by atoms with Gasteiger partial charge in [0.1, 0.15) is 5.75 Å². The highest BCUT2D eigenvalue weighted by molar-refractivity contribution is 7.99. The molecule has 4 nitrogen and oxygen atoms in total. The van der Waals surface area contributed by atoms with E-state index < -0.39 is 0 Å². The van der Waals surface area contributed by atoms with Crippen LogP contribution in [0.4, 0.5) is 0 Å². The molecule has 0 amide bonds. The van der Waals surface area contributed by atoms with Gasteiger partial charge >= 0.3 is 0 Å². The van der Waals surface area contributed by atoms with E-state index in [9.17, 15) is 0 Å². The van der Waals surface area contributed by atoms with E-state index >= 15 is 0 Å². The van der Waals surface area contributed by atoms with Crippen LogP contribution in [-0.4, -0.2) is 36.4 Å². The fraction of sp³-hybridized carbons (Fsp3) is 0.462. The van der Waals surface area contributed by atoms with Crippen molar-refractivity contribution in [1.29, 1.82) is 0 Å². The van der Waals surface area contributed by atoms with Crippen molar-refractivity contribution in [3.05, 3.63) is 18.2 Å². The van der Waals surface area contributed by atoms with E-state index in [1.807, 2.05) is 25.2 Å². The third-order valence-electron chi connectivity index (χ3n) is 2.73. The Morgan fingerprint density at radius 2 is 2.28 bits per heavy atom. The number of H-pyrrole nitrogens is 1. The lowest BCUT2D eigenvalue weighted by molar-refractivity contribution is 0.415. The van der Waals surface area contributed by atoms with Crippen molar-refractivity contribution in [2.45, 2.75) is 18.0 Å². The Kier molecular flexibility index (Phi) is 4.90. The van der Waals surface area contributed by atoms with Crippen LogP contribution in [0.25, 0.3) is 11.0 Å². The first-order chi connectivity index (χ1) is 8.83. The molecule has 0 saturated carbocycles. The van der Waals surface area contributed by atoms with Crippen LogP contribution in [0, 0.1) is 0 Å². The predicted molar refractivity (Wildman–Crippen MR) is 76.5 cm³/mol. The maximum absolute atomic E-state index is 5.20. The zero-order chi connectivity index (χ0) is 12.8. The van der Waals surface area contributed by atoms with Gasteiger partial charge < -0.3 is 15.0 Å². The molecule has 1 aromatic heterocycles. The third kappa shape index (κ3) is 3.40. The lowest BCUT2D eigenvalue weighted by atomic mass is 10.3. The third-order valence-corrected chi connectivity index (χ3v) is 3.69. The molecule has 0 saturated heterocycles. The van der Waals surface area contributed by atoms with Crippen molar-refractivity contribution >= 4 is 22.8 Å². The number of aromatic amines is 1. The minimum absolute atomic E-state index is 0.858. The van der Waals surface area contributed by atoms with Gasteiger partial charge in [0.05, 0.1) is 18.1 Å². The van der Waals surface area contributed by atoms with E-state index in [1.165, 1.54) is 12.8 Å². The van der Waals surface area contributed by atoms with Gasteiger partial charge in [0.2, 0.25) is 0 Å². The molecule has 2 aromatic rings. The van der Waals surface area contributed by atoms with Crippen molar-refractivity contribution in [2.75, 3.05) is 26.5 Å². The molecule has 5 heteroatoms. The van der Waals surface area contributed by atoms with Gasteiger partial charge in [-0.2, -0.15) is 0 Å². The fourth-order valence-electron chi connectivity index (χ4n) is 1.73. The quantitative estimate of drug-likeness (QED) is 0.597. The van der Waals surface area contributed by atoms with Crippen LogP contribution in [0.15, 0.2) is 23.4 Å². The van der Waals surface area contributed by atoms with Crippen LogP contribution in [0.2, 0.25) is 0 Å². The smallest absolute Gasteiger partial charge is 0.166 e. The first-order valence-electron chi connectivity index (χ1n) is 6.14. The second-order valence-corrected chi connectivity index (χ2v) is 5.17. The Bertz CT molecular complexity index is 498. The second kappa shape index (κ2) is 6.66. The number of rotatable bonds is 7. The topological polar surface area (TPSA) is 49.9 Å². The number of benzene rings is 1. The number of hydrogen-bond donors (Lipinski definition) is 2. The Hall–Kier alpha value is -1.20. The monoisotopic (exact) mass is 265 g/mol. The molecule has 0 aliphatic carbocycles. The lowest BCUT2D eigenvalue weighted by Crippen LogP contribution is -2.07. The summed E-state index contributed by atoms with van der Waals surface area (Å²) in [6.07, 6.45) is 2.41. The summed E-state index contributed by atoms with van der Waals surface area (Å²) in [4.78, 5) is 7.86. The molecule has 98 valence electrons. The highest BCUT2D eigenvalue weighted by Crippen LogP contribution is 2.23. The maximum Gasteiger partial charge on any atom is 0.166 e. The van der Waals surface area contributed by atoms with Crippen molar-refractivity contribution in [3.8, 4) is 5.75 Å². The van der Waals surface area contributed by atoms with Crippen molar-refractivity contribution in [3.63, 3.8) is 0 Å². The maximum atomic E-state index is 5.20. The first-order valence-corrected chi connectivity index (χ1v) is 7.13. The average Bonchev–Trinajstić information content (AvgIpc) is 2.80. The van der Waals surface area contributed by atoms with Crippen LogP contribution in [0.5, 0.6) is 5.75 Å². The summed E-state index contributed by atoms with van der Waals surface area (Å²) in [5, 5.41) is 4.14. The number of aromatic nitrogens is 2. The molecule has 18 heavy (non-hydrogen) atoms. The molecular formula is C13H19N3OS. The van der Waals surface area contributed by atoms with Crippen molar-refractivity contribution in [1.82, 2.24) is 15.3 Å². The molecule has 2 N–H and O–H groups in total. The van der Waals surface area contributed by atoms with Crippen LogP contribution >= 0.6 is 11.8 Å². The van der Waals surface area contributed by atoms with Gasteiger partial charge in [-0.1, -0.05) is 11.8 Å². The summed E-state index contributed by atoms with van der Waals surface area (Å²) in [5.41, 5.74) is 2.03. The molecule has 0 radical (unpaired) electrons. The van der Waals surface area contributed by atoms with Gasteiger partial charge in [0.25, 0.3) is 0 Å². The van der Waals surface area contributed by atoms with Gasteiger partial charge in [-0.25, -0.2) is 4.98 Å². The Morgan fingerprint density at radius 3 is 3.06 bits per heavy atom. The van der Waals surface area contributed by atoms with E-state index in [1.54, 1.807) is 18.9 Å². The molecule has 0 spiro atoms. The summed E-state index contributed by atoms with van der Waals surface area (Å²) in [5.74, 6) is 1.95. The Labute approximate surface area is 112 Å². The highest BCUT2D eigenvalue weighted by Gasteiger charge is 2.04. The van der Waals surface area contributed by atoms with E-state index in [-0.39, 0.29) is 0 Å². The molecule has 0 bridgehead atoms. The van der Waals surface area contributed by atoms with Crippen LogP contribution < -0.4 is 10.1 Å². The SMILES string of the molecule is CNCCCCSc1nc2ccc(OC)cc2[nH]1. The highest BCUT2D eigenvalue weighted by atomic mass is 32.2. The zero-order valence-corrected chi connectivity index (χ0v) is 11.6. The molecule has 0 aliphatic rings. The largest absolute Gasteiger partial charge is 0.497 e. The Morgan fingerprint density at radius 1 is 1.39 bits per heavy atom.